The Hall–Kier alpha value is -1.61. The van der Waals surface area contributed by atoms with Crippen molar-refractivity contribution in [1.29, 1.82) is 0 Å². The predicted octanol–water partition coefficient (Wildman–Crippen LogP) is 3.41. The Bertz CT molecular complexity index is 533. The smallest absolute Gasteiger partial charge is 0.208 e. The molecule has 96 valence electrons. The highest BCUT2D eigenvalue weighted by Crippen LogP contribution is 2.28. The number of oxazole rings is 1. The molecule has 0 fully saturated rings. The SMILES string of the molecule is Cc1nc(CN)oc1-c1ccc(C(C)(C)C)cc1. The second-order valence-electron chi connectivity index (χ2n) is 5.55. The molecule has 0 bridgehead atoms. The third-order valence-corrected chi connectivity index (χ3v) is 3.03. The van der Waals surface area contributed by atoms with Gasteiger partial charge >= 0.3 is 0 Å². The molecule has 3 nitrogen and oxygen atoms in total. The topological polar surface area (TPSA) is 52.0 Å². The van der Waals surface area contributed by atoms with Crippen molar-refractivity contribution in [2.75, 3.05) is 0 Å². The maximum atomic E-state index is 5.64. The first kappa shape index (κ1) is 12.8. The maximum Gasteiger partial charge on any atom is 0.208 e. The van der Waals surface area contributed by atoms with Crippen LogP contribution in [-0.4, -0.2) is 4.98 Å². The van der Waals surface area contributed by atoms with Crippen molar-refractivity contribution >= 4 is 0 Å². The van der Waals surface area contributed by atoms with E-state index in [1.807, 2.05) is 6.92 Å². The molecule has 1 aromatic carbocycles. The van der Waals surface area contributed by atoms with E-state index in [1.54, 1.807) is 0 Å². The molecule has 0 saturated carbocycles. The van der Waals surface area contributed by atoms with Crippen molar-refractivity contribution in [1.82, 2.24) is 4.98 Å². The van der Waals surface area contributed by atoms with E-state index in [4.69, 9.17) is 10.2 Å². The van der Waals surface area contributed by atoms with E-state index in [0.29, 0.717) is 12.4 Å². The average molecular weight is 244 g/mol. The molecule has 0 saturated heterocycles. The summed E-state index contributed by atoms with van der Waals surface area (Å²) in [6, 6.07) is 8.43. The van der Waals surface area contributed by atoms with Crippen LogP contribution < -0.4 is 5.73 Å². The predicted molar refractivity (Wildman–Crippen MR) is 73.3 cm³/mol. The summed E-state index contributed by atoms with van der Waals surface area (Å²) < 4.78 is 5.64. The standard InChI is InChI=1S/C15H20N2O/c1-10-14(18-13(9-16)17-10)11-5-7-12(8-6-11)15(2,3)4/h5-8H,9,16H2,1-4H3. The Morgan fingerprint density at radius 2 is 1.78 bits per heavy atom. The highest BCUT2D eigenvalue weighted by molar-refractivity contribution is 5.60. The van der Waals surface area contributed by atoms with Gasteiger partial charge in [0.25, 0.3) is 0 Å². The van der Waals surface area contributed by atoms with Crippen LogP contribution in [0.3, 0.4) is 0 Å². The number of benzene rings is 1. The number of nitrogens with two attached hydrogens (primary N) is 1. The number of hydrogen-bond donors (Lipinski definition) is 1. The largest absolute Gasteiger partial charge is 0.439 e. The van der Waals surface area contributed by atoms with E-state index in [9.17, 15) is 0 Å². The van der Waals surface area contributed by atoms with Gasteiger partial charge in [0.05, 0.1) is 12.2 Å². The molecule has 0 radical (unpaired) electrons. The fourth-order valence-corrected chi connectivity index (χ4v) is 1.93. The minimum Gasteiger partial charge on any atom is -0.439 e. The molecule has 2 N–H and O–H groups in total. The van der Waals surface area contributed by atoms with Gasteiger partial charge in [-0.3, -0.25) is 0 Å². The van der Waals surface area contributed by atoms with Gasteiger partial charge in [-0.1, -0.05) is 45.0 Å². The monoisotopic (exact) mass is 244 g/mol. The van der Waals surface area contributed by atoms with Crippen LogP contribution in [0.1, 0.15) is 37.9 Å². The highest BCUT2D eigenvalue weighted by Gasteiger charge is 2.15. The van der Waals surface area contributed by atoms with Crippen LogP contribution in [-0.2, 0) is 12.0 Å². The molecule has 0 spiro atoms. The zero-order chi connectivity index (χ0) is 13.3. The van der Waals surface area contributed by atoms with Crippen molar-refractivity contribution in [3.05, 3.63) is 41.4 Å². The summed E-state index contributed by atoms with van der Waals surface area (Å²) in [7, 11) is 0. The van der Waals surface area contributed by atoms with Crippen LogP contribution in [0.15, 0.2) is 28.7 Å². The Morgan fingerprint density at radius 3 is 2.22 bits per heavy atom. The van der Waals surface area contributed by atoms with Crippen molar-refractivity contribution < 1.29 is 4.42 Å². The van der Waals surface area contributed by atoms with Gasteiger partial charge in [0.15, 0.2) is 5.76 Å². The lowest BCUT2D eigenvalue weighted by Gasteiger charge is -2.18. The lowest BCUT2D eigenvalue weighted by Crippen LogP contribution is -2.10. The lowest BCUT2D eigenvalue weighted by molar-refractivity contribution is 0.509. The number of rotatable bonds is 2. The maximum absolute atomic E-state index is 5.64. The molecule has 0 amide bonds. The van der Waals surface area contributed by atoms with Crippen molar-refractivity contribution in [3.8, 4) is 11.3 Å². The van der Waals surface area contributed by atoms with Gasteiger partial charge in [-0.15, -0.1) is 0 Å². The fraction of sp³-hybridized carbons (Fsp3) is 0.400. The summed E-state index contributed by atoms with van der Waals surface area (Å²) in [6.07, 6.45) is 0. The molecule has 18 heavy (non-hydrogen) atoms. The molecule has 0 aliphatic carbocycles. The highest BCUT2D eigenvalue weighted by atomic mass is 16.4. The Morgan fingerprint density at radius 1 is 1.17 bits per heavy atom. The molecule has 0 aliphatic heterocycles. The molecule has 1 heterocycles. The van der Waals surface area contributed by atoms with Crippen LogP contribution in [0.2, 0.25) is 0 Å². The third kappa shape index (κ3) is 2.46. The quantitative estimate of drug-likeness (QED) is 0.880. The van der Waals surface area contributed by atoms with E-state index in [-0.39, 0.29) is 5.41 Å². The number of aromatic nitrogens is 1. The van der Waals surface area contributed by atoms with Crippen LogP contribution in [0.5, 0.6) is 0 Å². The Balaban J connectivity index is 2.37. The van der Waals surface area contributed by atoms with Gasteiger partial charge in [0.1, 0.15) is 0 Å². The minimum atomic E-state index is 0.164. The summed E-state index contributed by atoms with van der Waals surface area (Å²) in [5, 5.41) is 0. The molecule has 0 aliphatic rings. The van der Waals surface area contributed by atoms with E-state index in [2.05, 4.69) is 50.0 Å². The van der Waals surface area contributed by atoms with Crippen molar-refractivity contribution in [3.63, 3.8) is 0 Å². The molecular formula is C15H20N2O. The third-order valence-electron chi connectivity index (χ3n) is 3.03. The Kier molecular flexibility index (Phi) is 3.26. The molecule has 1 aromatic heterocycles. The number of aryl methyl sites for hydroxylation is 1. The first-order valence-electron chi connectivity index (χ1n) is 6.19. The second kappa shape index (κ2) is 4.58. The van der Waals surface area contributed by atoms with E-state index < -0.39 is 0 Å². The molecule has 2 aromatic rings. The summed E-state index contributed by atoms with van der Waals surface area (Å²) >= 11 is 0. The van der Waals surface area contributed by atoms with Gasteiger partial charge < -0.3 is 10.2 Å². The average Bonchev–Trinajstić information content (AvgIpc) is 2.70. The normalized spacial score (nSPS) is 11.8. The summed E-state index contributed by atoms with van der Waals surface area (Å²) in [5.74, 6) is 1.40. The van der Waals surface area contributed by atoms with Gasteiger partial charge in [0, 0.05) is 5.56 Å². The number of nitrogens with zero attached hydrogens (tertiary/aromatic N) is 1. The molecule has 0 atom stereocenters. The zero-order valence-electron chi connectivity index (χ0n) is 11.4. The first-order valence-corrected chi connectivity index (χ1v) is 6.19. The zero-order valence-corrected chi connectivity index (χ0v) is 11.4. The molecule has 0 unspecified atom stereocenters. The van der Waals surface area contributed by atoms with Crippen LogP contribution in [0.25, 0.3) is 11.3 Å². The van der Waals surface area contributed by atoms with Gasteiger partial charge in [-0.2, -0.15) is 0 Å². The second-order valence-corrected chi connectivity index (χ2v) is 5.55. The summed E-state index contributed by atoms with van der Waals surface area (Å²) in [6.45, 7) is 8.88. The van der Waals surface area contributed by atoms with Crippen molar-refractivity contribution in [2.24, 2.45) is 5.73 Å². The minimum absolute atomic E-state index is 0.164. The summed E-state index contributed by atoms with van der Waals surface area (Å²) in [5.41, 5.74) is 8.94. The lowest BCUT2D eigenvalue weighted by atomic mass is 9.86. The first-order chi connectivity index (χ1) is 8.41. The van der Waals surface area contributed by atoms with E-state index in [0.717, 1.165) is 17.0 Å². The Labute approximate surface area is 108 Å². The molecule has 3 heteroatoms. The molecule has 2 rings (SSSR count). The molecular weight excluding hydrogens is 224 g/mol. The number of hydrogen-bond acceptors (Lipinski definition) is 3. The van der Waals surface area contributed by atoms with Crippen LogP contribution >= 0.6 is 0 Å². The van der Waals surface area contributed by atoms with Crippen LogP contribution in [0, 0.1) is 6.92 Å². The summed E-state index contributed by atoms with van der Waals surface area (Å²) in [4.78, 5) is 4.29. The van der Waals surface area contributed by atoms with E-state index in [1.165, 1.54) is 5.56 Å². The van der Waals surface area contributed by atoms with Gasteiger partial charge in [-0.25, -0.2) is 4.98 Å². The van der Waals surface area contributed by atoms with E-state index >= 15 is 0 Å². The van der Waals surface area contributed by atoms with Crippen molar-refractivity contribution in [2.45, 2.75) is 39.7 Å². The van der Waals surface area contributed by atoms with Crippen LogP contribution in [0.4, 0.5) is 0 Å². The van der Waals surface area contributed by atoms with Gasteiger partial charge in [-0.05, 0) is 17.9 Å². The fourth-order valence-electron chi connectivity index (χ4n) is 1.93. The van der Waals surface area contributed by atoms with Gasteiger partial charge in [0.2, 0.25) is 5.89 Å².